The topological polar surface area (TPSA) is 83.8 Å². The lowest BCUT2D eigenvalue weighted by Gasteiger charge is -2.13. The molecule has 0 radical (unpaired) electrons. The molecule has 0 saturated heterocycles. The first kappa shape index (κ1) is 19.3. The van der Waals surface area contributed by atoms with Gasteiger partial charge in [-0.1, -0.05) is 60.3 Å². The summed E-state index contributed by atoms with van der Waals surface area (Å²) in [6.45, 7) is 2.02. The van der Waals surface area contributed by atoms with Crippen LogP contribution in [-0.4, -0.2) is 32.9 Å². The van der Waals surface area contributed by atoms with E-state index in [2.05, 4.69) is 32.6 Å². The van der Waals surface area contributed by atoms with Gasteiger partial charge in [-0.25, -0.2) is 0 Å². The zero-order valence-electron chi connectivity index (χ0n) is 16.1. The number of benzene rings is 2. The highest BCUT2D eigenvalue weighted by Crippen LogP contribution is 2.29. The third-order valence-electron chi connectivity index (χ3n) is 4.67. The molecule has 0 unspecified atom stereocenters. The quantitative estimate of drug-likeness (QED) is 0.423. The van der Waals surface area contributed by atoms with Crippen molar-refractivity contribution in [2.45, 2.75) is 31.0 Å². The molecule has 2 heterocycles. The Balaban J connectivity index is 1.27. The first-order valence-electron chi connectivity index (χ1n) is 9.55. The summed E-state index contributed by atoms with van der Waals surface area (Å²) < 4.78 is 5.74. The van der Waals surface area contributed by atoms with Gasteiger partial charge in [0.2, 0.25) is 5.91 Å². The molecule has 7 heteroatoms. The van der Waals surface area contributed by atoms with Crippen molar-refractivity contribution in [2.24, 2.45) is 0 Å². The molecule has 2 aromatic carbocycles. The first-order valence-corrected chi connectivity index (χ1v) is 10.5. The van der Waals surface area contributed by atoms with Crippen LogP contribution in [0.15, 0.2) is 70.4 Å². The summed E-state index contributed by atoms with van der Waals surface area (Å²) in [5, 5.41) is 12.6. The van der Waals surface area contributed by atoms with Gasteiger partial charge < -0.3 is 14.7 Å². The Labute approximate surface area is 173 Å². The molecule has 148 valence electrons. The van der Waals surface area contributed by atoms with E-state index in [1.165, 1.54) is 17.3 Å². The highest BCUT2D eigenvalue weighted by Gasteiger charge is 2.15. The van der Waals surface area contributed by atoms with Gasteiger partial charge in [0.25, 0.3) is 11.1 Å². The molecule has 0 bridgehead atoms. The van der Waals surface area contributed by atoms with E-state index >= 15 is 0 Å². The van der Waals surface area contributed by atoms with E-state index in [1.54, 1.807) is 0 Å². The number of nitrogens with zero attached hydrogens (tertiary/aromatic N) is 2. The van der Waals surface area contributed by atoms with Crippen LogP contribution in [0.1, 0.15) is 18.9 Å². The maximum Gasteiger partial charge on any atom is 0.277 e. The van der Waals surface area contributed by atoms with Crippen molar-refractivity contribution in [3.63, 3.8) is 0 Å². The first-order chi connectivity index (χ1) is 14.2. The number of amides is 1. The number of carbonyl (C=O) groups excluding carboxylic acids is 1. The van der Waals surface area contributed by atoms with Gasteiger partial charge >= 0.3 is 0 Å². The predicted molar refractivity (Wildman–Crippen MR) is 115 cm³/mol. The maximum atomic E-state index is 12.2. The zero-order chi connectivity index (χ0) is 20.1. The fourth-order valence-corrected chi connectivity index (χ4v) is 3.74. The maximum absolute atomic E-state index is 12.2. The number of thioether (sulfide) groups is 1. The molecule has 6 nitrogen and oxygen atoms in total. The number of carbonyl (C=O) groups is 1. The van der Waals surface area contributed by atoms with Crippen LogP contribution in [0.2, 0.25) is 0 Å². The third-order valence-corrected chi connectivity index (χ3v) is 5.49. The van der Waals surface area contributed by atoms with Crippen LogP contribution in [-0.2, 0) is 11.2 Å². The SMILES string of the molecule is C[C@H](CCc1ccccc1)NC(=O)CSc1nnc(-c2c[nH]c3ccccc23)o1. The number of aromatic nitrogens is 3. The van der Waals surface area contributed by atoms with E-state index in [9.17, 15) is 4.79 Å². The molecule has 4 rings (SSSR count). The lowest BCUT2D eigenvalue weighted by atomic mass is 10.1. The highest BCUT2D eigenvalue weighted by atomic mass is 32.2. The number of aryl methyl sites for hydroxylation is 1. The summed E-state index contributed by atoms with van der Waals surface area (Å²) in [5.74, 6) is 0.648. The van der Waals surface area contributed by atoms with Crippen LogP contribution >= 0.6 is 11.8 Å². The van der Waals surface area contributed by atoms with Gasteiger partial charge in [0, 0.05) is 23.1 Å². The van der Waals surface area contributed by atoms with Crippen LogP contribution in [0.3, 0.4) is 0 Å². The summed E-state index contributed by atoms with van der Waals surface area (Å²) in [6, 6.07) is 18.3. The molecule has 1 atom stereocenters. The number of nitrogens with one attached hydrogen (secondary N) is 2. The second-order valence-corrected chi connectivity index (χ2v) is 7.83. The van der Waals surface area contributed by atoms with Crippen molar-refractivity contribution in [2.75, 3.05) is 5.75 Å². The Hall–Kier alpha value is -3.06. The van der Waals surface area contributed by atoms with Crippen LogP contribution < -0.4 is 5.32 Å². The van der Waals surface area contributed by atoms with Gasteiger partial charge in [0.1, 0.15) is 0 Å². The fourth-order valence-electron chi connectivity index (χ4n) is 3.17. The van der Waals surface area contributed by atoms with Gasteiger partial charge in [-0.15, -0.1) is 10.2 Å². The number of H-pyrrole nitrogens is 1. The number of para-hydroxylation sites is 1. The largest absolute Gasteiger partial charge is 0.411 e. The van der Waals surface area contributed by atoms with Crippen LogP contribution in [0.25, 0.3) is 22.4 Å². The van der Waals surface area contributed by atoms with Crippen molar-refractivity contribution in [3.05, 3.63) is 66.4 Å². The monoisotopic (exact) mass is 406 g/mol. The van der Waals surface area contributed by atoms with E-state index in [1.807, 2.05) is 55.6 Å². The van der Waals surface area contributed by atoms with Crippen LogP contribution in [0, 0.1) is 0 Å². The Morgan fingerprint density at radius 1 is 1.14 bits per heavy atom. The standard InChI is InChI=1S/C22H22N4O2S/c1-15(11-12-16-7-3-2-4-8-16)24-20(27)14-29-22-26-25-21(28-22)18-13-23-19-10-6-5-9-17(18)19/h2-10,13,15,23H,11-12,14H2,1H3,(H,24,27)/t15-/m1/s1. The van der Waals surface area contributed by atoms with E-state index in [-0.39, 0.29) is 17.7 Å². The summed E-state index contributed by atoms with van der Waals surface area (Å²) in [7, 11) is 0. The molecule has 0 fully saturated rings. The van der Waals surface area contributed by atoms with E-state index in [0.29, 0.717) is 11.1 Å². The molecule has 0 aliphatic heterocycles. The average molecular weight is 407 g/mol. The smallest absolute Gasteiger partial charge is 0.277 e. The lowest BCUT2D eigenvalue weighted by Crippen LogP contribution is -2.34. The minimum Gasteiger partial charge on any atom is -0.411 e. The van der Waals surface area contributed by atoms with Gasteiger partial charge in [-0.05, 0) is 31.4 Å². The van der Waals surface area contributed by atoms with Crippen molar-refractivity contribution in [3.8, 4) is 11.5 Å². The van der Waals surface area contributed by atoms with Crippen molar-refractivity contribution >= 4 is 28.6 Å². The number of hydrogen-bond donors (Lipinski definition) is 2. The summed E-state index contributed by atoms with van der Waals surface area (Å²) in [5.41, 5.74) is 3.15. The average Bonchev–Trinajstić information content (AvgIpc) is 3.38. The molecule has 29 heavy (non-hydrogen) atoms. The molecule has 4 aromatic rings. The molecule has 2 N–H and O–H groups in total. The van der Waals surface area contributed by atoms with E-state index in [0.717, 1.165) is 29.3 Å². The number of hydrogen-bond acceptors (Lipinski definition) is 5. The molecule has 0 spiro atoms. The Morgan fingerprint density at radius 3 is 2.79 bits per heavy atom. The molecule has 1 amide bonds. The van der Waals surface area contributed by atoms with Crippen molar-refractivity contribution in [1.82, 2.24) is 20.5 Å². The van der Waals surface area contributed by atoms with Gasteiger partial charge in [0.15, 0.2) is 0 Å². The second kappa shape index (κ2) is 8.96. The van der Waals surface area contributed by atoms with Crippen LogP contribution in [0.5, 0.6) is 0 Å². The number of rotatable bonds is 8. The molecule has 0 saturated carbocycles. The van der Waals surface area contributed by atoms with Gasteiger partial charge in [-0.2, -0.15) is 0 Å². The minimum absolute atomic E-state index is 0.0394. The fraction of sp³-hybridized carbons (Fsp3) is 0.227. The summed E-state index contributed by atoms with van der Waals surface area (Å²) in [6.07, 6.45) is 3.69. The van der Waals surface area contributed by atoms with Crippen LogP contribution in [0.4, 0.5) is 0 Å². The van der Waals surface area contributed by atoms with E-state index < -0.39 is 0 Å². The predicted octanol–water partition coefficient (Wildman–Crippen LogP) is 4.45. The van der Waals surface area contributed by atoms with E-state index in [4.69, 9.17) is 4.42 Å². The molecular formula is C22H22N4O2S. The van der Waals surface area contributed by atoms with Gasteiger partial charge in [-0.3, -0.25) is 4.79 Å². The van der Waals surface area contributed by atoms with Gasteiger partial charge in [0.05, 0.1) is 11.3 Å². The molecule has 0 aliphatic rings. The van der Waals surface area contributed by atoms with Crippen molar-refractivity contribution in [1.29, 1.82) is 0 Å². The Morgan fingerprint density at radius 2 is 1.93 bits per heavy atom. The number of fused-ring (bicyclic) bond motifs is 1. The zero-order valence-corrected chi connectivity index (χ0v) is 16.9. The summed E-state index contributed by atoms with van der Waals surface area (Å²) >= 11 is 1.25. The highest BCUT2D eigenvalue weighted by molar-refractivity contribution is 7.99. The third kappa shape index (κ3) is 4.86. The Kier molecular flexibility index (Phi) is 5.95. The second-order valence-electron chi connectivity index (χ2n) is 6.90. The molecular weight excluding hydrogens is 384 g/mol. The lowest BCUT2D eigenvalue weighted by molar-refractivity contribution is -0.119. The number of aromatic amines is 1. The normalized spacial score (nSPS) is 12.2. The minimum atomic E-state index is -0.0394. The molecule has 2 aromatic heterocycles. The van der Waals surface area contributed by atoms with Crippen molar-refractivity contribution < 1.29 is 9.21 Å². The molecule has 0 aliphatic carbocycles. The Bertz CT molecular complexity index is 1090. The summed E-state index contributed by atoms with van der Waals surface area (Å²) in [4.78, 5) is 15.4.